The number of carbonyl (C=O) groups is 2. The maximum atomic E-state index is 13.0. The van der Waals surface area contributed by atoms with Crippen molar-refractivity contribution in [2.24, 2.45) is 5.73 Å². The minimum atomic E-state index is -4.32. The Kier molecular flexibility index (Phi) is 6.58. The van der Waals surface area contributed by atoms with Gasteiger partial charge in [0.15, 0.2) is 0 Å². The molecule has 2 aromatic carbocycles. The van der Waals surface area contributed by atoms with Crippen molar-refractivity contribution in [3.63, 3.8) is 0 Å². The van der Waals surface area contributed by atoms with E-state index in [4.69, 9.17) is 5.73 Å². The number of hydrogen-bond acceptors (Lipinski definition) is 5. The molecule has 11 nitrogen and oxygen atoms in total. The highest BCUT2D eigenvalue weighted by atomic mass is 31.2. The maximum Gasteiger partial charge on any atom is 0.356 e. The molecule has 0 spiro atoms. The monoisotopic (exact) mass is 496 g/mol. The van der Waals surface area contributed by atoms with Crippen LogP contribution in [0.3, 0.4) is 0 Å². The Labute approximate surface area is 200 Å². The molecule has 4 aromatic rings. The topological polar surface area (TPSA) is 165 Å². The molecule has 0 saturated heterocycles. The summed E-state index contributed by atoms with van der Waals surface area (Å²) in [7, 11) is -4.32. The van der Waals surface area contributed by atoms with Gasteiger partial charge in [-0.25, -0.2) is 4.98 Å². The summed E-state index contributed by atoms with van der Waals surface area (Å²) >= 11 is 0. The lowest BCUT2D eigenvalue weighted by Crippen LogP contribution is -2.20. The molecule has 2 aromatic heterocycles. The van der Waals surface area contributed by atoms with Crippen LogP contribution >= 0.6 is 7.60 Å². The van der Waals surface area contributed by atoms with E-state index < -0.39 is 13.5 Å². The molecular weight excluding hydrogens is 471 g/mol. The van der Waals surface area contributed by atoms with Gasteiger partial charge in [0.2, 0.25) is 11.9 Å². The van der Waals surface area contributed by atoms with Gasteiger partial charge in [-0.05, 0) is 62.2 Å². The van der Waals surface area contributed by atoms with Gasteiger partial charge in [-0.3, -0.25) is 24.2 Å². The third-order valence-corrected chi connectivity index (χ3v) is 6.56. The average Bonchev–Trinajstić information content (AvgIpc) is 3.36. The number of fused-ring (bicyclic) bond motifs is 1. The zero-order valence-electron chi connectivity index (χ0n) is 19.2. The predicted octanol–water partition coefficient (Wildman–Crippen LogP) is 1.96. The fourth-order valence-electron chi connectivity index (χ4n) is 3.84. The lowest BCUT2D eigenvalue weighted by Gasteiger charge is -2.11. The predicted molar refractivity (Wildman–Crippen MR) is 131 cm³/mol. The van der Waals surface area contributed by atoms with Crippen molar-refractivity contribution < 1.29 is 23.9 Å². The van der Waals surface area contributed by atoms with Gasteiger partial charge >= 0.3 is 7.60 Å². The Morgan fingerprint density at radius 1 is 1.11 bits per heavy atom. The molecule has 0 aliphatic carbocycles. The number of imidazole rings is 1. The summed E-state index contributed by atoms with van der Waals surface area (Å²) in [6.07, 6.45) is 0.499. The lowest BCUT2D eigenvalue weighted by molar-refractivity contribution is 0.0996. The van der Waals surface area contributed by atoms with Crippen molar-refractivity contribution in [2.45, 2.75) is 33.4 Å². The van der Waals surface area contributed by atoms with Gasteiger partial charge in [-0.15, -0.1) is 0 Å². The number of nitrogens with one attached hydrogen (secondary N) is 1. The van der Waals surface area contributed by atoms with E-state index in [2.05, 4.69) is 15.4 Å². The smallest absolute Gasteiger partial charge is 0.356 e. The Bertz CT molecular complexity index is 1470. The summed E-state index contributed by atoms with van der Waals surface area (Å²) in [4.78, 5) is 47.8. The van der Waals surface area contributed by atoms with Crippen LogP contribution in [0.2, 0.25) is 0 Å². The summed E-state index contributed by atoms with van der Waals surface area (Å²) in [6, 6.07) is 12.7. The Morgan fingerprint density at radius 2 is 1.83 bits per heavy atom. The first kappa shape index (κ1) is 24.3. The van der Waals surface area contributed by atoms with E-state index in [1.54, 1.807) is 48.0 Å². The Morgan fingerprint density at radius 3 is 2.46 bits per heavy atom. The van der Waals surface area contributed by atoms with Crippen LogP contribution in [0, 0.1) is 6.92 Å². The van der Waals surface area contributed by atoms with Crippen LogP contribution in [0.4, 0.5) is 5.95 Å². The fourth-order valence-corrected chi connectivity index (χ4v) is 4.37. The van der Waals surface area contributed by atoms with E-state index >= 15 is 0 Å². The van der Waals surface area contributed by atoms with Crippen molar-refractivity contribution in [3.8, 4) is 0 Å². The molecule has 0 fully saturated rings. The normalized spacial score (nSPS) is 11.7. The molecule has 0 aliphatic rings. The van der Waals surface area contributed by atoms with Crippen LogP contribution in [0.25, 0.3) is 11.0 Å². The third kappa shape index (κ3) is 5.17. The number of aryl methyl sites for hydroxylation is 4. The van der Waals surface area contributed by atoms with Crippen molar-refractivity contribution in [2.75, 3.05) is 5.32 Å². The number of rotatable bonds is 8. The Balaban J connectivity index is 1.67. The molecule has 2 amide bonds. The second kappa shape index (κ2) is 9.46. The number of anilines is 1. The van der Waals surface area contributed by atoms with E-state index in [0.29, 0.717) is 47.7 Å². The van der Waals surface area contributed by atoms with Crippen LogP contribution in [0.5, 0.6) is 0 Å². The van der Waals surface area contributed by atoms with E-state index in [9.17, 15) is 23.9 Å². The molecule has 0 atom stereocenters. The van der Waals surface area contributed by atoms with E-state index in [-0.39, 0.29) is 11.2 Å². The molecular formula is C23H25N6O5P. The van der Waals surface area contributed by atoms with Crippen LogP contribution in [-0.4, -0.2) is 40.9 Å². The Hall–Kier alpha value is -3.79. The highest BCUT2D eigenvalue weighted by molar-refractivity contribution is 7.60. The van der Waals surface area contributed by atoms with Gasteiger partial charge in [0, 0.05) is 18.7 Å². The van der Waals surface area contributed by atoms with Crippen LogP contribution in [0.15, 0.2) is 48.5 Å². The van der Waals surface area contributed by atoms with Gasteiger partial charge in [0.25, 0.3) is 5.91 Å². The number of aromatic nitrogens is 4. The minimum absolute atomic E-state index is 0.0518. The van der Waals surface area contributed by atoms with Gasteiger partial charge in [-0.1, -0.05) is 12.1 Å². The summed E-state index contributed by atoms with van der Waals surface area (Å²) in [5.74, 6) is -0.662. The summed E-state index contributed by atoms with van der Waals surface area (Å²) in [5.41, 5.74) is 8.85. The van der Waals surface area contributed by atoms with Crippen LogP contribution in [0.1, 0.15) is 39.0 Å². The minimum Gasteiger partial charge on any atom is -0.366 e. The highest BCUT2D eigenvalue weighted by Crippen LogP contribution is 2.33. The molecule has 0 bridgehead atoms. The molecule has 5 N–H and O–H groups in total. The van der Waals surface area contributed by atoms with Gasteiger partial charge in [0.05, 0.1) is 22.0 Å². The molecule has 0 radical (unpaired) electrons. The summed E-state index contributed by atoms with van der Waals surface area (Å²) in [6.45, 7) is 4.63. The van der Waals surface area contributed by atoms with Crippen LogP contribution in [-0.2, 0) is 24.1 Å². The molecule has 2 heterocycles. The molecule has 35 heavy (non-hydrogen) atoms. The van der Waals surface area contributed by atoms with Crippen molar-refractivity contribution in [1.29, 1.82) is 0 Å². The van der Waals surface area contributed by atoms with Crippen molar-refractivity contribution in [3.05, 3.63) is 71.0 Å². The average molecular weight is 496 g/mol. The second-order valence-corrected chi connectivity index (χ2v) is 9.66. The van der Waals surface area contributed by atoms with E-state index in [1.165, 1.54) is 12.1 Å². The highest BCUT2D eigenvalue weighted by Gasteiger charge is 2.19. The number of carbonyl (C=O) groups excluding carboxylic acids is 2. The number of nitrogens with two attached hydrogens (primary N) is 1. The van der Waals surface area contributed by atoms with Gasteiger partial charge < -0.3 is 20.1 Å². The molecule has 0 aliphatic heterocycles. The number of benzene rings is 2. The first-order valence-corrected chi connectivity index (χ1v) is 12.5. The molecule has 12 heteroatoms. The van der Waals surface area contributed by atoms with Gasteiger partial charge in [-0.2, -0.15) is 5.10 Å². The summed E-state index contributed by atoms with van der Waals surface area (Å²) in [5, 5.41) is 7.11. The zero-order chi connectivity index (χ0) is 25.3. The number of primary amides is 1. The molecule has 0 saturated carbocycles. The number of hydrogen-bond donors (Lipinski definition) is 4. The number of nitrogens with zero attached hydrogens (tertiary/aromatic N) is 4. The quantitative estimate of drug-likeness (QED) is 0.271. The second-order valence-electron chi connectivity index (χ2n) is 8.06. The van der Waals surface area contributed by atoms with Crippen LogP contribution < -0.4 is 16.4 Å². The zero-order valence-corrected chi connectivity index (χ0v) is 20.1. The molecule has 4 rings (SSSR count). The third-order valence-electron chi connectivity index (χ3n) is 5.59. The largest absolute Gasteiger partial charge is 0.366 e. The molecule has 0 unspecified atom stereocenters. The standard InChI is InChI=1S/C23H25N6O5P/c1-3-29-20(12-14(2)27-29)22(31)26-23-25-18-13-16(21(24)30)6-9-19(18)28(23)11-10-15-4-7-17(8-5-15)35(32,33)34/h4-9,12-13H,3,10-11H2,1-2H3,(H2,24,30)(H,25,26,31)(H2,32,33,34). The van der Waals surface area contributed by atoms with Crippen molar-refractivity contribution >= 4 is 41.7 Å². The first-order valence-electron chi connectivity index (χ1n) is 10.9. The SMILES string of the molecule is CCn1nc(C)cc1C(=O)Nc1nc2cc(C(N)=O)ccc2n1CCc1ccc(P(=O)(O)O)cc1. The van der Waals surface area contributed by atoms with Crippen molar-refractivity contribution in [1.82, 2.24) is 19.3 Å². The molecule has 182 valence electrons. The maximum absolute atomic E-state index is 13.0. The van der Waals surface area contributed by atoms with E-state index in [1.807, 2.05) is 11.5 Å². The fraction of sp³-hybridized carbons (Fsp3) is 0.217. The first-order chi connectivity index (χ1) is 16.6. The lowest BCUT2D eigenvalue weighted by atomic mass is 10.1. The van der Waals surface area contributed by atoms with Gasteiger partial charge in [0.1, 0.15) is 5.69 Å². The summed E-state index contributed by atoms with van der Waals surface area (Å²) < 4.78 is 14.8. The van der Waals surface area contributed by atoms with E-state index in [0.717, 1.165) is 11.3 Å². The number of amides is 2.